The third-order valence-electron chi connectivity index (χ3n) is 3.63. The Labute approximate surface area is 123 Å². The van der Waals surface area contributed by atoms with Crippen LogP contribution in [0.5, 0.6) is 0 Å². The molecule has 1 aliphatic carbocycles. The molecule has 0 saturated heterocycles. The molecular formula is C13H19BrN2O2S. The number of rotatable bonds is 4. The van der Waals surface area contributed by atoms with Crippen LogP contribution in [0.3, 0.4) is 0 Å². The van der Waals surface area contributed by atoms with Crippen molar-refractivity contribution in [3.05, 3.63) is 22.7 Å². The fraction of sp³-hybridized carbons (Fsp3) is 0.538. The molecule has 0 aliphatic heterocycles. The number of anilines is 1. The fourth-order valence-electron chi connectivity index (χ4n) is 2.54. The van der Waals surface area contributed by atoms with Gasteiger partial charge in [0.25, 0.3) is 0 Å². The van der Waals surface area contributed by atoms with Crippen LogP contribution in [-0.2, 0) is 10.0 Å². The van der Waals surface area contributed by atoms with E-state index in [1.807, 2.05) is 0 Å². The lowest BCUT2D eigenvalue weighted by Crippen LogP contribution is -2.31. The summed E-state index contributed by atoms with van der Waals surface area (Å²) in [5, 5.41) is 0. The molecule has 2 N–H and O–H groups in total. The average molecular weight is 347 g/mol. The van der Waals surface area contributed by atoms with E-state index < -0.39 is 10.0 Å². The first-order chi connectivity index (χ1) is 8.91. The van der Waals surface area contributed by atoms with Crippen molar-refractivity contribution in [3.63, 3.8) is 0 Å². The molecular weight excluding hydrogens is 328 g/mol. The SMILES string of the molecule is CN(CC1CCCC1)S(=O)(=O)c1cc(N)ccc1Br. The van der Waals surface area contributed by atoms with Gasteiger partial charge in [-0.2, -0.15) is 0 Å². The summed E-state index contributed by atoms with van der Waals surface area (Å²) < 4.78 is 27.1. The van der Waals surface area contributed by atoms with E-state index in [0.717, 1.165) is 12.8 Å². The molecule has 0 aromatic heterocycles. The Kier molecular flexibility index (Phi) is 4.53. The number of hydrogen-bond donors (Lipinski definition) is 1. The van der Waals surface area contributed by atoms with Crippen LogP contribution < -0.4 is 5.73 Å². The quantitative estimate of drug-likeness (QED) is 0.852. The highest BCUT2D eigenvalue weighted by Crippen LogP contribution is 2.30. The predicted molar refractivity (Wildman–Crippen MR) is 80.3 cm³/mol. The first-order valence-electron chi connectivity index (χ1n) is 6.42. The molecule has 1 aromatic rings. The molecule has 0 spiro atoms. The minimum atomic E-state index is -3.47. The standard InChI is InChI=1S/C13H19BrN2O2S/c1-16(9-10-4-2-3-5-10)19(17,18)13-8-11(15)6-7-12(13)14/h6-8,10H,2-5,9,15H2,1H3. The van der Waals surface area contributed by atoms with Crippen LogP contribution >= 0.6 is 15.9 Å². The van der Waals surface area contributed by atoms with Crippen LogP contribution in [0.2, 0.25) is 0 Å². The van der Waals surface area contributed by atoms with E-state index in [1.54, 1.807) is 19.2 Å². The highest BCUT2D eigenvalue weighted by molar-refractivity contribution is 9.10. The van der Waals surface area contributed by atoms with Gasteiger partial charge in [-0.15, -0.1) is 0 Å². The molecule has 0 amide bonds. The second kappa shape index (κ2) is 5.81. The lowest BCUT2D eigenvalue weighted by Gasteiger charge is -2.21. The van der Waals surface area contributed by atoms with E-state index in [1.165, 1.54) is 23.2 Å². The zero-order valence-corrected chi connectivity index (χ0v) is 13.4. The van der Waals surface area contributed by atoms with Gasteiger partial charge in [-0.1, -0.05) is 12.8 Å². The van der Waals surface area contributed by atoms with E-state index in [4.69, 9.17) is 5.73 Å². The molecule has 1 saturated carbocycles. The molecule has 0 radical (unpaired) electrons. The molecule has 106 valence electrons. The summed E-state index contributed by atoms with van der Waals surface area (Å²) >= 11 is 3.29. The topological polar surface area (TPSA) is 63.4 Å². The van der Waals surface area contributed by atoms with Crippen molar-refractivity contribution in [2.24, 2.45) is 5.92 Å². The van der Waals surface area contributed by atoms with Gasteiger partial charge in [-0.25, -0.2) is 12.7 Å². The van der Waals surface area contributed by atoms with Crippen molar-refractivity contribution in [3.8, 4) is 0 Å². The van der Waals surface area contributed by atoms with E-state index in [9.17, 15) is 8.42 Å². The number of benzene rings is 1. The Morgan fingerprint density at radius 1 is 1.37 bits per heavy atom. The molecule has 2 rings (SSSR count). The summed E-state index contributed by atoms with van der Waals surface area (Å²) in [7, 11) is -1.83. The normalized spacial score (nSPS) is 17.2. The number of nitrogen functional groups attached to an aromatic ring is 1. The van der Waals surface area contributed by atoms with Gasteiger partial charge in [0.1, 0.15) is 0 Å². The van der Waals surface area contributed by atoms with Crippen LogP contribution in [0.15, 0.2) is 27.6 Å². The van der Waals surface area contributed by atoms with Crippen LogP contribution in [-0.4, -0.2) is 26.3 Å². The van der Waals surface area contributed by atoms with Crippen molar-refractivity contribution in [1.82, 2.24) is 4.31 Å². The van der Waals surface area contributed by atoms with Crippen LogP contribution in [0.1, 0.15) is 25.7 Å². The number of sulfonamides is 1. The monoisotopic (exact) mass is 346 g/mol. The fourth-order valence-corrected chi connectivity index (χ4v) is 4.74. The molecule has 1 aromatic carbocycles. The number of hydrogen-bond acceptors (Lipinski definition) is 3. The van der Waals surface area contributed by atoms with Gasteiger partial charge in [-0.3, -0.25) is 0 Å². The minimum absolute atomic E-state index is 0.244. The Morgan fingerprint density at radius 2 is 2.00 bits per heavy atom. The predicted octanol–water partition coefficient (Wildman–Crippen LogP) is 2.84. The van der Waals surface area contributed by atoms with Crippen molar-refractivity contribution in [2.45, 2.75) is 30.6 Å². The largest absolute Gasteiger partial charge is 0.399 e. The summed E-state index contributed by atoms with van der Waals surface area (Å²) in [6, 6.07) is 4.86. The molecule has 6 heteroatoms. The number of halogens is 1. The third kappa shape index (κ3) is 3.30. The van der Waals surface area contributed by atoms with Crippen LogP contribution in [0.4, 0.5) is 5.69 Å². The van der Waals surface area contributed by atoms with Gasteiger partial charge in [0, 0.05) is 23.8 Å². The smallest absolute Gasteiger partial charge is 0.244 e. The van der Waals surface area contributed by atoms with Crippen LogP contribution in [0.25, 0.3) is 0 Å². The third-order valence-corrected chi connectivity index (χ3v) is 6.45. The molecule has 0 atom stereocenters. The molecule has 19 heavy (non-hydrogen) atoms. The second-order valence-corrected chi connectivity index (χ2v) is 7.99. The van der Waals surface area contributed by atoms with E-state index >= 15 is 0 Å². The zero-order valence-electron chi connectivity index (χ0n) is 11.0. The molecule has 0 unspecified atom stereocenters. The number of nitrogens with zero attached hydrogens (tertiary/aromatic N) is 1. The summed E-state index contributed by atoms with van der Waals surface area (Å²) in [6.07, 6.45) is 4.66. The Hall–Kier alpha value is -0.590. The second-order valence-electron chi connectivity index (χ2n) is 5.13. The van der Waals surface area contributed by atoms with Gasteiger partial charge in [0.15, 0.2) is 0 Å². The summed E-state index contributed by atoms with van der Waals surface area (Å²) in [5.74, 6) is 0.486. The molecule has 0 heterocycles. The summed E-state index contributed by atoms with van der Waals surface area (Å²) in [4.78, 5) is 0.244. The van der Waals surface area contributed by atoms with Gasteiger partial charge in [0.2, 0.25) is 10.0 Å². The van der Waals surface area contributed by atoms with Crippen molar-refractivity contribution >= 4 is 31.6 Å². The maximum Gasteiger partial charge on any atom is 0.244 e. The lowest BCUT2D eigenvalue weighted by molar-refractivity contribution is 0.387. The molecule has 0 bridgehead atoms. The first-order valence-corrected chi connectivity index (χ1v) is 8.66. The van der Waals surface area contributed by atoms with Gasteiger partial charge in [-0.05, 0) is 52.9 Å². The first kappa shape index (κ1) is 14.8. The van der Waals surface area contributed by atoms with Crippen molar-refractivity contribution < 1.29 is 8.42 Å². The van der Waals surface area contributed by atoms with Gasteiger partial charge in [0.05, 0.1) is 4.90 Å². The van der Waals surface area contributed by atoms with Gasteiger partial charge < -0.3 is 5.73 Å². The maximum absolute atomic E-state index is 12.5. The Bertz CT molecular complexity index is 554. The van der Waals surface area contributed by atoms with Crippen molar-refractivity contribution in [1.29, 1.82) is 0 Å². The summed E-state index contributed by atoms with van der Waals surface area (Å²) in [5.41, 5.74) is 6.14. The highest BCUT2D eigenvalue weighted by atomic mass is 79.9. The van der Waals surface area contributed by atoms with E-state index in [-0.39, 0.29) is 4.90 Å². The van der Waals surface area contributed by atoms with E-state index in [0.29, 0.717) is 22.6 Å². The number of nitrogens with two attached hydrogens (primary N) is 1. The Morgan fingerprint density at radius 3 is 2.63 bits per heavy atom. The molecule has 1 aliphatic rings. The van der Waals surface area contributed by atoms with Crippen LogP contribution in [0, 0.1) is 5.92 Å². The maximum atomic E-state index is 12.5. The molecule has 1 fully saturated rings. The highest BCUT2D eigenvalue weighted by Gasteiger charge is 2.27. The van der Waals surface area contributed by atoms with Crippen molar-refractivity contribution in [2.75, 3.05) is 19.3 Å². The van der Waals surface area contributed by atoms with E-state index in [2.05, 4.69) is 15.9 Å². The zero-order chi connectivity index (χ0) is 14.0. The van der Waals surface area contributed by atoms with Gasteiger partial charge >= 0.3 is 0 Å². The Balaban J connectivity index is 2.22. The average Bonchev–Trinajstić information content (AvgIpc) is 2.85. The summed E-state index contributed by atoms with van der Waals surface area (Å²) in [6.45, 7) is 0.587. The molecule has 4 nitrogen and oxygen atoms in total. The lowest BCUT2D eigenvalue weighted by atomic mass is 10.1. The minimum Gasteiger partial charge on any atom is -0.399 e.